The normalized spacial score (nSPS) is 35.3. The zero-order chi connectivity index (χ0) is 15.6. The number of carbonyl (C=O) groups is 1. The van der Waals surface area contributed by atoms with Crippen LogP contribution < -0.4 is 4.90 Å². The molecule has 22 heavy (non-hydrogen) atoms. The molecular formula is C16H20ClN3O2. The molecule has 118 valence electrons. The van der Waals surface area contributed by atoms with Gasteiger partial charge in [0.25, 0.3) is 5.91 Å². The summed E-state index contributed by atoms with van der Waals surface area (Å²) >= 11 is 6.40. The van der Waals surface area contributed by atoms with E-state index in [1.807, 2.05) is 0 Å². The highest BCUT2D eigenvalue weighted by molar-refractivity contribution is 6.33. The van der Waals surface area contributed by atoms with Crippen molar-refractivity contribution in [1.29, 1.82) is 0 Å². The summed E-state index contributed by atoms with van der Waals surface area (Å²) in [7, 11) is 3.41. The third-order valence-electron chi connectivity index (χ3n) is 5.60. The molecule has 1 N–H and O–H groups in total. The van der Waals surface area contributed by atoms with Crippen molar-refractivity contribution in [3.8, 4) is 0 Å². The molecule has 5 unspecified atom stereocenters. The number of halogens is 1. The Morgan fingerprint density at radius 2 is 2.18 bits per heavy atom. The average Bonchev–Trinajstić information content (AvgIpc) is 3.08. The maximum Gasteiger partial charge on any atom is 0.254 e. The van der Waals surface area contributed by atoms with E-state index in [0.29, 0.717) is 34.2 Å². The standard InChI is InChI=1S/C16H20ClN3O2/c1-19(2)16(22)9-5-12(17)15(18-6-9)20-7-10-3-8-4-11(10)13(20)14(8)21/h5-6,8,10-11,13-14,21H,3-4,7H2,1-2H3. The van der Waals surface area contributed by atoms with Crippen molar-refractivity contribution in [2.45, 2.75) is 25.0 Å². The van der Waals surface area contributed by atoms with Crippen LogP contribution in [0, 0.1) is 17.8 Å². The van der Waals surface area contributed by atoms with Crippen molar-refractivity contribution in [2.75, 3.05) is 25.5 Å². The van der Waals surface area contributed by atoms with Gasteiger partial charge in [0.05, 0.1) is 22.7 Å². The summed E-state index contributed by atoms with van der Waals surface area (Å²) in [5, 5.41) is 11.0. The molecule has 5 nitrogen and oxygen atoms in total. The van der Waals surface area contributed by atoms with E-state index in [1.54, 1.807) is 26.4 Å². The number of fused-ring (bicyclic) bond motifs is 1. The monoisotopic (exact) mass is 321 g/mol. The van der Waals surface area contributed by atoms with Crippen molar-refractivity contribution in [3.63, 3.8) is 0 Å². The number of aromatic nitrogens is 1. The number of hydrogen-bond donors (Lipinski definition) is 1. The Bertz CT molecular complexity index is 634. The van der Waals surface area contributed by atoms with Crippen molar-refractivity contribution in [2.24, 2.45) is 17.8 Å². The predicted molar refractivity (Wildman–Crippen MR) is 84.1 cm³/mol. The van der Waals surface area contributed by atoms with E-state index in [9.17, 15) is 9.90 Å². The number of anilines is 1. The van der Waals surface area contributed by atoms with Gasteiger partial charge in [0.15, 0.2) is 0 Å². The maximum atomic E-state index is 12.0. The molecule has 2 aliphatic carbocycles. The second-order valence-electron chi connectivity index (χ2n) is 7.02. The van der Waals surface area contributed by atoms with E-state index >= 15 is 0 Å². The van der Waals surface area contributed by atoms with Gasteiger partial charge in [-0.2, -0.15) is 0 Å². The van der Waals surface area contributed by atoms with E-state index in [4.69, 9.17) is 11.6 Å². The second-order valence-corrected chi connectivity index (χ2v) is 7.43. The van der Waals surface area contributed by atoms with E-state index in [0.717, 1.165) is 19.4 Å². The van der Waals surface area contributed by atoms with E-state index in [-0.39, 0.29) is 18.1 Å². The van der Waals surface area contributed by atoms with Crippen molar-refractivity contribution < 1.29 is 9.90 Å². The van der Waals surface area contributed by atoms with Gasteiger partial charge in [-0.15, -0.1) is 0 Å². The van der Waals surface area contributed by atoms with Crippen LogP contribution in [-0.2, 0) is 0 Å². The molecule has 0 aromatic carbocycles. The summed E-state index contributed by atoms with van der Waals surface area (Å²) in [6, 6.07) is 1.83. The van der Waals surface area contributed by atoms with Gasteiger partial charge < -0.3 is 14.9 Å². The molecule has 1 saturated heterocycles. The van der Waals surface area contributed by atoms with Crippen molar-refractivity contribution in [1.82, 2.24) is 9.88 Å². The Morgan fingerprint density at radius 1 is 1.41 bits per heavy atom. The van der Waals surface area contributed by atoms with Crippen LogP contribution >= 0.6 is 11.6 Å². The fraction of sp³-hybridized carbons (Fsp3) is 0.625. The number of carbonyl (C=O) groups excluding carboxylic acids is 1. The lowest BCUT2D eigenvalue weighted by molar-refractivity contribution is 0.0827. The molecule has 0 spiro atoms. The molecule has 5 atom stereocenters. The number of hydrogen-bond acceptors (Lipinski definition) is 4. The van der Waals surface area contributed by atoms with Crippen LogP contribution in [0.3, 0.4) is 0 Å². The smallest absolute Gasteiger partial charge is 0.254 e. The molecular weight excluding hydrogens is 302 g/mol. The molecule has 1 aromatic rings. The lowest BCUT2D eigenvalue weighted by Gasteiger charge is -2.30. The first-order valence-corrected chi connectivity index (χ1v) is 8.17. The first kappa shape index (κ1) is 14.3. The van der Waals surface area contributed by atoms with E-state index in [1.165, 1.54) is 4.90 Å². The molecule has 3 fully saturated rings. The quantitative estimate of drug-likeness (QED) is 0.900. The Morgan fingerprint density at radius 3 is 2.82 bits per heavy atom. The van der Waals surface area contributed by atoms with Gasteiger partial charge in [-0.25, -0.2) is 4.98 Å². The van der Waals surface area contributed by atoms with Gasteiger partial charge in [-0.05, 0) is 36.7 Å². The van der Waals surface area contributed by atoms with Gasteiger partial charge in [0.1, 0.15) is 5.82 Å². The molecule has 6 heteroatoms. The zero-order valence-corrected chi connectivity index (χ0v) is 13.5. The number of aliphatic hydroxyl groups is 1. The average molecular weight is 322 g/mol. The van der Waals surface area contributed by atoms with Crippen LogP contribution in [0.25, 0.3) is 0 Å². The largest absolute Gasteiger partial charge is 0.391 e. The topological polar surface area (TPSA) is 56.7 Å². The minimum absolute atomic E-state index is 0.108. The number of amides is 1. The number of nitrogens with zero attached hydrogens (tertiary/aromatic N) is 3. The third kappa shape index (κ3) is 1.88. The highest BCUT2D eigenvalue weighted by Gasteiger charge is 2.59. The van der Waals surface area contributed by atoms with Crippen LogP contribution in [0.4, 0.5) is 5.82 Å². The van der Waals surface area contributed by atoms with Crippen LogP contribution in [0.1, 0.15) is 23.2 Å². The molecule has 2 heterocycles. The lowest BCUT2D eigenvalue weighted by atomic mass is 9.88. The van der Waals surface area contributed by atoms with Crippen LogP contribution in [-0.4, -0.2) is 53.7 Å². The van der Waals surface area contributed by atoms with Gasteiger partial charge in [-0.3, -0.25) is 4.79 Å². The summed E-state index contributed by atoms with van der Waals surface area (Å²) in [6.45, 7) is 0.913. The molecule has 2 bridgehead atoms. The highest BCUT2D eigenvalue weighted by Crippen LogP contribution is 2.56. The molecule has 4 rings (SSSR count). The first-order valence-electron chi connectivity index (χ1n) is 7.79. The summed E-state index contributed by atoms with van der Waals surface area (Å²) in [5.41, 5.74) is 0.491. The fourth-order valence-corrected chi connectivity index (χ4v) is 4.95. The number of rotatable bonds is 2. The lowest BCUT2D eigenvalue weighted by Crippen LogP contribution is -2.41. The molecule has 2 saturated carbocycles. The molecule has 0 radical (unpaired) electrons. The van der Waals surface area contributed by atoms with Crippen LogP contribution in [0.15, 0.2) is 12.3 Å². The van der Waals surface area contributed by atoms with Gasteiger partial charge in [-0.1, -0.05) is 11.6 Å². The summed E-state index contributed by atoms with van der Waals surface area (Å²) in [6.07, 6.45) is 3.56. The van der Waals surface area contributed by atoms with Crippen LogP contribution in [0.5, 0.6) is 0 Å². The van der Waals surface area contributed by atoms with E-state index in [2.05, 4.69) is 9.88 Å². The Labute approximate surface area is 134 Å². The minimum Gasteiger partial charge on any atom is -0.391 e. The molecule has 1 aliphatic heterocycles. The predicted octanol–water partition coefficient (Wildman–Crippen LogP) is 1.64. The molecule has 1 aromatic heterocycles. The SMILES string of the molecule is CN(C)C(=O)c1cnc(N2CC3CC4CC3C2C4O)c(Cl)c1. The van der Waals surface area contributed by atoms with Gasteiger partial charge in [0.2, 0.25) is 0 Å². The Balaban J connectivity index is 1.65. The second kappa shape index (κ2) is 4.83. The van der Waals surface area contributed by atoms with Gasteiger partial charge in [0, 0.05) is 26.8 Å². The highest BCUT2D eigenvalue weighted by atomic mass is 35.5. The Hall–Kier alpha value is -1.33. The van der Waals surface area contributed by atoms with E-state index < -0.39 is 0 Å². The summed E-state index contributed by atoms with van der Waals surface area (Å²) in [4.78, 5) is 20.1. The fourth-order valence-electron chi connectivity index (χ4n) is 4.68. The summed E-state index contributed by atoms with van der Waals surface area (Å²) < 4.78 is 0. The number of pyridine rings is 1. The molecule has 3 aliphatic rings. The summed E-state index contributed by atoms with van der Waals surface area (Å²) in [5.74, 6) is 2.26. The Kier molecular flexibility index (Phi) is 3.13. The third-order valence-corrected chi connectivity index (χ3v) is 5.87. The van der Waals surface area contributed by atoms with Crippen molar-refractivity contribution in [3.05, 3.63) is 22.8 Å². The maximum absolute atomic E-state index is 12.0. The van der Waals surface area contributed by atoms with Gasteiger partial charge >= 0.3 is 0 Å². The van der Waals surface area contributed by atoms with Crippen LogP contribution in [0.2, 0.25) is 5.02 Å². The zero-order valence-electron chi connectivity index (χ0n) is 12.7. The minimum atomic E-state index is -0.273. The first-order chi connectivity index (χ1) is 10.5. The number of aliphatic hydroxyl groups excluding tert-OH is 1. The van der Waals surface area contributed by atoms with Crippen molar-refractivity contribution >= 4 is 23.3 Å². The molecule has 1 amide bonds.